The smallest absolute Gasteiger partial charge is 0.319 e. The zero-order chi connectivity index (χ0) is 29.9. The Kier molecular flexibility index (Phi) is 10.5. The predicted molar refractivity (Wildman–Crippen MR) is 161 cm³/mol. The summed E-state index contributed by atoms with van der Waals surface area (Å²) in [5.41, 5.74) is 2.25. The SMILES string of the molecule is CN(C(=O)COc1ccccc1N(CC1CCCC1)C(=O)CNC(=O)Nc1cccc(CC(=O)O)c1)c1ccccc1. The summed E-state index contributed by atoms with van der Waals surface area (Å²) in [6.45, 7) is -0.00948. The Morgan fingerprint density at radius 2 is 1.62 bits per heavy atom. The molecule has 10 heteroatoms. The van der Waals surface area contributed by atoms with Crippen LogP contribution in [0.2, 0.25) is 0 Å². The first-order chi connectivity index (χ1) is 20.3. The highest BCUT2D eigenvalue weighted by atomic mass is 16.5. The molecule has 1 fully saturated rings. The van der Waals surface area contributed by atoms with Gasteiger partial charge in [0.25, 0.3) is 5.91 Å². The van der Waals surface area contributed by atoms with Crippen LogP contribution < -0.4 is 25.2 Å². The van der Waals surface area contributed by atoms with E-state index in [2.05, 4.69) is 10.6 Å². The number of carbonyl (C=O) groups is 4. The fraction of sp³-hybridized carbons (Fsp3) is 0.312. The molecule has 3 aromatic rings. The van der Waals surface area contributed by atoms with E-state index in [1.165, 1.54) is 4.90 Å². The van der Waals surface area contributed by atoms with E-state index >= 15 is 0 Å². The van der Waals surface area contributed by atoms with Crippen molar-refractivity contribution in [1.29, 1.82) is 0 Å². The highest BCUT2D eigenvalue weighted by Gasteiger charge is 2.26. The van der Waals surface area contributed by atoms with Gasteiger partial charge in [-0.3, -0.25) is 14.4 Å². The van der Waals surface area contributed by atoms with Gasteiger partial charge in [-0.1, -0.05) is 55.3 Å². The van der Waals surface area contributed by atoms with Crippen molar-refractivity contribution in [2.24, 2.45) is 5.92 Å². The summed E-state index contributed by atoms with van der Waals surface area (Å²) >= 11 is 0. The molecule has 4 amide bonds. The Morgan fingerprint density at radius 1 is 0.905 bits per heavy atom. The molecule has 3 N–H and O–H groups in total. The van der Waals surface area contributed by atoms with Crippen molar-refractivity contribution in [2.75, 3.05) is 41.9 Å². The highest BCUT2D eigenvalue weighted by Crippen LogP contribution is 2.32. The first-order valence-corrected chi connectivity index (χ1v) is 14.0. The van der Waals surface area contributed by atoms with Crippen molar-refractivity contribution in [3.63, 3.8) is 0 Å². The number of aliphatic carboxylic acids is 1. The van der Waals surface area contributed by atoms with E-state index in [9.17, 15) is 19.2 Å². The normalized spacial score (nSPS) is 12.8. The maximum Gasteiger partial charge on any atom is 0.319 e. The summed E-state index contributed by atoms with van der Waals surface area (Å²) in [6, 6.07) is 22.3. The molecule has 0 atom stereocenters. The van der Waals surface area contributed by atoms with Gasteiger partial charge in [0, 0.05) is 25.0 Å². The number of nitrogens with zero attached hydrogens (tertiary/aromatic N) is 2. The highest BCUT2D eigenvalue weighted by molar-refractivity contribution is 5.99. The van der Waals surface area contributed by atoms with Gasteiger partial charge in [0.2, 0.25) is 5.91 Å². The Balaban J connectivity index is 1.43. The van der Waals surface area contributed by atoms with Crippen molar-refractivity contribution in [2.45, 2.75) is 32.1 Å². The van der Waals surface area contributed by atoms with Gasteiger partial charge in [0.1, 0.15) is 5.75 Å². The molecule has 0 spiro atoms. The van der Waals surface area contributed by atoms with Crippen LogP contribution in [0.3, 0.4) is 0 Å². The number of carboxylic acid groups (broad SMARTS) is 1. The lowest BCUT2D eigenvalue weighted by molar-refractivity contribution is -0.136. The fourth-order valence-electron chi connectivity index (χ4n) is 4.98. The zero-order valence-electron chi connectivity index (χ0n) is 23.6. The Hall–Kier alpha value is -4.86. The Morgan fingerprint density at radius 3 is 2.36 bits per heavy atom. The molecule has 0 bridgehead atoms. The molecule has 0 aliphatic heterocycles. The summed E-state index contributed by atoms with van der Waals surface area (Å²) in [6.07, 6.45) is 4.06. The minimum absolute atomic E-state index is 0.165. The Bertz CT molecular complexity index is 1390. The second-order valence-electron chi connectivity index (χ2n) is 10.3. The molecular weight excluding hydrogens is 536 g/mol. The number of amides is 4. The predicted octanol–water partition coefficient (Wildman–Crippen LogP) is 4.70. The molecule has 220 valence electrons. The van der Waals surface area contributed by atoms with E-state index in [0.717, 1.165) is 31.4 Å². The molecule has 0 unspecified atom stereocenters. The van der Waals surface area contributed by atoms with Crippen LogP contribution in [0, 0.1) is 5.92 Å². The molecule has 1 saturated carbocycles. The standard InChI is InChI=1S/C32H36N4O6/c1-35(26-14-3-2-4-15-26)30(38)22-42-28-17-8-7-16-27(28)36(21-23-10-5-6-11-23)29(37)20-33-32(41)34-25-13-9-12-24(18-25)19-31(39)40/h2-4,7-9,12-18,23H,5-6,10-11,19-22H2,1H3,(H,39,40)(H2,33,34,41). The minimum Gasteiger partial charge on any atom is -0.482 e. The number of benzene rings is 3. The quantitative estimate of drug-likeness (QED) is 0.289. The molecule has 0 aromatic heterocycles. The van der Waals surface area contributed by atoms with Crippen molar-refractivity contribution in [1.82, 2.24) is 5.32 Å². The molecule has 1 aliphatic carbocycles. The summed E-state index contributed by atoms with van der Waals surface area (Å²) in [5, 5.41) is 14.3. The van der Waals surface area contributed by atoms with Gasteiger partial charge in [0.05, 0.1) is 18.7 Å². The van der Waals surface area contributed by atoms with E-state index in [4.69, 9.17) is 9.84 Å². The molecule has 0 radical (unpaired) electrons. The lowest BCUT2D eigenvalue weighted by Crippen LogP contribution is -2.43. The van der Waals surface area contributed by atoms with Crippen molar-refractivity contribution < 1.29 is 29.0 Å². The lowest BCUT2D eigenvalue weighted by Gasteiger charge is -2.28. The van der Waals surface area contributed by atoms with Crippen LogP contribution in [0.25, 0.3) is 0 Å². The molecule has 1 aliphatic rings. The van der Waals surface area contributed by atoms with Gasteiger partial charge in [-0.05, 0) is 60.7 Å². The number of hydrogen-bond acceptors (Lipinski definition) is 5. The fourth-order valence-corrected chi connectivity index (χ4v) is 4.98. The topological polar surface area (TPSA) is 128 Å². The summed E-state index contributed by atoms with van der Waals surface area (Å²) in [4.78, 5) is 53.1. The molecule has 0 saturated heterocycles. The first-order valence-electron chi connectivity index (χ1n) is 14.0. The third-order valence-corrected chi connectivity index (χ3v) is 7.18. The first kappa shape index (κ1) is 30.1. The number of carbonyl (C=O) groups excluding carboxylic acids is 3. The molecule has 3 aromatic carbocycles. The van der Waals surface area contributed by atoms with E-state index in [1.807, 2.05) is 30.3 Å². The van der Waals surface area contributed by atoms with Crippen LogP contribution >= 0.6 is 0 Å². The van der Waals surface area contributed by atoms with E-state index in [-0.39, 0.29) is 31.4 Å². The number of para-hydroxylation sites is 3. The third kappa shape index (κ3) is 8.57. The molecule has 10 nitrogen and oxygen atoms in total. The summed E-state index contributed by atoms with van der Waals surface area (Å²) in [7, 11) is 1.68. The van der Waals surface area contributed by atoms with E-state index < -0.39 is 12.0 Å². The van der Waals surface area contributed by atoms with E-state index in [1.54, 1.807) is 60.5 Å². The maximum atomic E-state index is 13.5. The van der Waals surface area contributed by atoms with Gasteiger partial charge >= 0.3 is 12.0 Å². The monoisotopic (exact) mass is 572 g/mol. The number of hydrogen-bond donors (Lipinski definition) is 3. The second-order valence-corrected chi connectivity index (χ2v) is 10.3. The largest absolute Gasteiger partial charge is 0.482 e. The third-order valence-electron chi connectivity index (χ3n) is 7.18. The van der Waals surface area contributed by atoms with Crippen molar-refractivity contribution in [3.05, 3.63) is 84.4 Å². The van der Waals surface area contributed by atoms with Crippen LogP contribution in [-0.4, -0.2) is 55.7 Å². The average Bonchev–Trinajstić information content (AvgIpc) is 3.51. The van der Waals surface area contributed by atoms with Crippen LogP contribution in [-0.2, 0) is 20.8 Å². The Labute approximate surface area is 245 Å². The average molecular weight is 573 g/mol. The number of nitrogens with one attached hydrogen (secondary N) is 2. The number of carboxylic acids is 1. The van der Waals surface area contributed by atoms with E-state index in [0.29, 0.717) is 35.2 Å². The molecular formula is C32H36N4O6. The van der Waals surface area contributed by atoms with Crippen LogP contribution in [0.15, 0.2) is 78.9 Å². The number of urea groups is 1. The maximum absolute atomic E-state index is 13.5. The van der Waals surface area contributed by atoms with Gasteiger partial charge < -0.3 is 30.3 Å². The van der Waals surface area contributed by atoms with Crippen molar-refractivity contribution in [3.8, 4) is 5.75 Å². The van der Waals surface area contributed by atoms with Crippen molar-refractivity contribution >= 4 is 40.9 Å². The lowest BCUT2D eigenvalue weighted by atomic mass is 10.1. The number of anilines is 3. The number of rotatable bonds is 12. The minimum atomic E-state index is -0.971. The van der Waals surface area contributed by atoms with Crippen LogP contribution in [0.1, 0.15) is 31.2 Å². The number of ether oxygens (including phenoxy) is 1. The summed E-state index contributed by atoms with van der Waals surface area (Å²) in [5.74, 6) is -0.811. The number of likely N-dealkylation sites (N-methyl/N-ethyl adjacent to an activating group) is 1. The van der Waals surface area contributed by atoms with Gasteiger partial charge in [-0.15, -0.1) is 0 Å². The second kappa shape index (κ2) is 14.7. The zero-order valence-corrected chi connectivity index (χ0v) is 23.6. The molecule has 4 rings (SSSR count). The van der Waals surface area contributed by atoms with Gasteiger partial charge in [-0.2, -0.15) is 0 Å². The van der Waals surface area contributed by atoms with Crippen LogP contribution in [0.5, 0.6) is 5.75 Å². The van der Waals surface area contributed by atoms with Crippen LogP contribution in [0.4, 0.5) is 21.9 Å². The van der Waals surface area contributed by atoms with Gasteiger partial charge in [0.15, 0.2) is 6.61 Å². The molecule has 0 heterocycles. The molecule has 42 heavy (non-hydrogen) atoms. The summed E-state index contributed by atoms with van der Waals surface area (Å²) < 4.78 is 5.95. The van der Waals surface area contributed by atoms with Gasteiger partial charge in [-0.25, -0.2) is 4.79 Å².